The van der Waals surface area contributed by atoms with Crippen LogP contribution in [-0.4, -0.2) is 72.4 Å². The highest BCUT2D eigenvalue weighted by Gasteiger charge is 2.33. The van der Waals surface area contributed by atoms with Crippen LogP contribution in [0.25, 0.3) is 0 Å². The predicted molar refractivity (Wildman–Crippen MR) is 118 cm³/mol. The topological polar surface area (TPSA) is 65.0 Å². The van der Waals surface area contributed by atoms with Gasteiger partial charge in [-0.05, 0) is 43.2 Å². The first kappa shape index (κ1) is 20.8. The molecule has 160 valence electrons. The zero-order valence-corrected chi connectivity index (χ0v) is 17.6. The summed E-state index contributed by atoms with van der Waals surface area (Å²) in [6.45, 7) is 6.88. The first-order valence-corrected chi connectivity index (χ1v) is 10.8. The third-order valence-corrected chi connectivity index (χ3v) is 6.06. The fourth-order valence-corrected chi connectivity index (χ4v) is 4.18. The Balaban J connectivity index is 1.31. The Morgan fingerprint density at radius 1 is 1.03 bits per heavy atom. The van der Waals surface area contributed by atoms with Gasteiger partial charge in [0, 0.05) is 44.0 Å². The Hall–Kier alpha value is -2.41. The number of carbonyl (C=O) groups excluding carboxylic acids is 1. The van der Waals surface area contributed by atoms with Crippen LogP contribution in [0.4, 0.5) is 5.69 Å². The molecule has 2 aromatic rings. The summed E-state index contributed by atoms with van der Waals surface area (Å²) in [6.07, 6.45) is 0.487. The zero-order chi connectivity index (χ0) is 20.9. The number of benzene rings is 2. The minimum absolute atomic E-state index is 0.0559. The molecule has 1 amide bonds. The largest absolute Gasteiger partial charge is 0.389 e. The number of nitrogens with one attached hydrogen (secondary N) is 1. The number of rotatable bonds is 5. The monoisotopic (exact) mass is 409 g/mol. The minimum Gasteiger partial charge on any atom is -0.389 e. The molecule has 6 heteroatoms. The smallest absolute Gasteiger partial charge is 0.253 e. The number of hydrogen-bond donors (Lipinski definition) is 2. The number of aliphatic hydroxyl groups excluding tert-OH is 1. The Kier molecular flexibility index (Phi) is 6.67. The average molecular weight is 410 g/mol. The number of hydrogen-bond acceptors (Lipinski definition) is 5. The molecular formula is C24H31N3O3. The third-order valence-electron chi connectivity index (χ3n) is 6.06. The summed E-state index contributed by atoms with van der Waals surface area (Å²) in [7, 11) is 0. The van der Waals surface area contributed by atoms with E-state index in [9.17, 15) is 9.90 Å². The summed E-state index contributed by atoms with van der Waals surface area (Å²) in [5.74, 6) is 0.0816. The van der Waals surface area contributed by atoms with Crippen LogP contribution in [0.15, 0.2) is 48.5 Å². The fraction of sp³-hybridized carbons (Fsp3) is 0.458. The van der Waals surface area contributed by atoms with Crippen molar-refractivity contribution in [3.05, 3.63) is 65.2 Å². The lowest BCUT2D eigenvalue weighted by atomic mass is 10.1. The normalized spacial score (nSPS) is 22.7. The summed E-state index contributed by atoms with van der Waals surface area (Å²) in [5, 5.41) is 13.5. The highest BCUT2D eigenvalue weighted by molar-refractivity contribution is 5.94. The van der Waals surface area contributed by atoms with E-state index in [-0.39, 0.29) is 11.9 Å². The third kappa shape index (κ3) is 5.01. The van der Waals surface area contributed by atoms with Crippen molar-refractivity contribution >= 4 is 11.6 Å². The molecular weight excluding hydrogens is 378 g/mol. The van der Waals surface area contributed by atoms with Crippen molar-refractivity contribution in [3.63, 3.8) is 0 Å². The minimum atomic E-state index is -0.423. The summed E-state index contributed by atoms with van der Waals surface area (Å²) < 4.78 is 5.39. The Labute approximate surface area is 178 Å². The van der Waals surface area contributed by atoms with Crippen molar-refractivity contribution in [1.29, 1.82) is 0 Å². The molecule has 2 aliphatic rings. The molecule has 0 saturated carbocycles. The van der Waals surface area contributed by atoms with E-state index in [0.717, 1.165) is 49.4 Å². The van der Waals surface area contributed by atoms with Crippen LogP contribution in [0.3, 0.4) is 0 Å². The van der Waals surface area contributed by atoms with E-state index < -0.39 is 6.10 Å². The van der Waals surface area contributed by atoms with Gasteiger partial charge in [-0.3, -0.25) is 9.69 Å². The highest BCUT2D eigenvalue weighted by Crippen LogP contribution is 2.18. The predicted octanol–water partition coefficient (Wildman–Crippen LogP) is 2.51. The quantitative estimate of drug-likeness (QED) is 0.795. The first-order chi connectivity index (χ1) is 14.6. The molecule has 0 aliphatic carbocycles. The van der Waals surface area contributed by atoms with Gasteiger partial charge in [-0.1, -0.05) is 29.8 Å². The van der Waals surface area contributed by atoms with Gasteiger partial charge in [-0.25, -0.2) is 0 Å². The first-order valence-electron chi connectivity index (χ1n) is 10.8. The standard InChI is InChI=1S/C24H31N3O3/c1-18-3-9-21(10-4-18)25-15-19-5-7-20(8-6-19)24(29)27-12-2-11-26(13-14-27)22-16-30-17-23(22)28/h3-10,22-23,25,28H,2,11-17H2,1H3/t22-,23-/m0/s1. The van der Waals surface area contributed by atoms with Gasteiger partial charge in [0.25, 0.3) is 5.91 Å². The number of anilines is 1. The number of amides is 1. The molecule has 4 rings (SSSR count). The molecule has 0 bridgehead atoms. The maximum atomic E-state index is 13.0. The van der Waals surface area contributed by atoms with Crippen LogP contribution < -0.4 is 5.32 Å². The molecule has 2 aromatic carbocycles. The SMILES string of the molecule is Cc1ccc(NCc2ccc(C(=O)N3CCCN([C@H]4COC[C@@H]4O)CC3)cc2)cc1. The summed E-state index contributed by atoms with van der Waals surface area (Å²) >= 11 is 0. The van der Waals surface area contributed by atoms with E-state index in [4.69, 9.17) is 4.74 Å². The van der Waals surface area contributed by atoms with E-state index in [1.807, 2.05) is 29.2 Å². The van der Waals surface area contributed by atoms with E-state index in [0.29, 0.717) is 19.8 Å². The van der Waals surface area contributed by atoms with Crippen molar-refractivity contribution in [1.82, 2.24) is 9.80 Å². The number of carbonyl (C=O) groups is 1. The molecule has 2 aliphatic heterocycles. The Morgan fingerprint density at radius 2 is 1.80 bits per heavy atom. The van der Waals surface area contributed by atoms with Crippen molar-refractivity contribution < 1.29 is 14.6 Å². The van der Waals surface area contributed by atoms with Gasteiger partial charge in [0.15, 0.2) is 0 Å². The second-order valence-electron chi connectivity index (χ2n) is 8.27. The van der Waals surface area contributed by atoms with Gasteiger partial charge in [-0.2, -0.15) is 0 Å². The van der Waals surface area contributed by atoms with Crippen LogP contribution in [-0.2, 0) is 11.3 Å². The average Bonchev–Trinajstić information content (AvgIpc) is 3.05. The molecule has 2 atom stereocenters. The van der Waals surface area contributed by atoms with Crippen molar-refractivity contribution in [3.8, 4) is 0 Å². The molecule has 2 heterocycles. The van der Waals surface area contributed by atoms with Gasteiger partial charge in [0.2, 0.25) is 0 Å². The molecule has 2 N–H and O–H groups in total. The van der Waals surface area contributed by atoms with Crippen LogP contribution in [0.2, 0.25) is 0 Å². The second kappa shape index (κ2) is 9.60. The Morgan fingerprint density at radius 3 is 2.50 bits per heavy atom. The lowest BCUT2D eigenvalue weighted by Crippen LogP contribution is -2.45. The fourth-order valence-electron chi connectivity index (χ4n) is 4.18. The Bertz CT molecular complexity index is 838. The number of aliphatic hydroxyl groups is 1. The summed E-state index contributed by atoms with van der Waals surface area (Å²) in [6, 6.07) is 16.3. The molecule has 2 fully saturated rings. The maximum absolute atomic E-state index is 13.0. The van der Waals surface area contributed by atoms with Crippen molar-refractivity contribution in [2.45, 2.75) is 32.0 Å². The molecule has 0 aromatic heterocycles. The van der Waals surface area contributed by atoms with Crippen molar-refractivity contribution in [2.24, 2.45) is 0 Å². The van der Waals surface area contributed by atoms with Gasteiger partial charge >= 0.3 is 0 Å². The van der Waals surface area contributed by atoms with Crippen LogP contribution in [0.1, 0.15) is 27.9 Å². The second-order valence-corrected chi connectivity index (χ2v) is 8.27. The number of nitrogens with zero attached hydrogens (tertiary/aromatic N) is 2. The van der Waals surface area contributed by atoms with Crippen LogP contribution in [0, 0.1) is 6.92 Å². The molecule has 0 unspecified atom stereocenters. The molecule has 6 nitrogen and oxygen atoms in total. The summed E-state index contributed by atoms with van der Waals surface area (Å²) in [4.78, 5) is 17.2. The lowest BCUT2D eigenvalue weighted by Gasteiger charge is -2.28. The van der Waals surface area contributed by atoms with E-state index >= 15 is 0 Å². The van der Waals surface area contributed by atoms with E-state index in [1.54, 1.807) is 0 Å². The number of aryl methyl sites for hydroxylation is 1. The zero-order valence-electron chi connectivity index (χ0n) is 17.6. The van der Waals surface area contributed by atoms with E-state index in [2.05, 4.69) is 41.4 Å². The van der Waals surface area contributed by atoms with Gasteiger partial charge in [0.1, 0.15) is 0 Å². The van der Waals surface area contributed by atoms with Crippen molar-refractivity contribution in [2.75, 3.05) is 44.7 Å². The highest BCUT2D eigenvalue weighted by atomic mass is 16.5. The molecule has 30 heavy (non-hydrogen) atoms. The maximum Gasteiger partial charge on any atom is 0.253 e. The van der Waals surface area contributed by atoms with Crippen LogP contribution in [0.5, 0.6) is 0 Å². The molecule has 0 radical (unpaired) electrons. The van der Waals surface area contributed by atoms with Gasteiger partial charge < -0.3 is 20.1 Å². The van der Waals surface area contributed by atoms with Gasteiger partial charge in [-0.15, -0.1) is 0 Å². The van der Waals surface area contributed by atoms with E-state index in [1.165, 1.54) is 5.56 Å². The van der Waals surface area contributed by atoms with Crippen LogP contribution >= 0.6 is 0 Å². The number of ether oxygens (including phenoxy) is 1. The molecule has 0 spiro atoms. The van der Waals surface area contributed by atoms with Gasteiger partial charge in [0.05, 0.1) is 25.4 Å². The lowest BCUT2D eigenvalue weighted by molar-refractivity contribution is 0.0725. The summed E-state index contributed by atoms with van der Waals surface area (Å²) in [5.41, 5.74) is 4.21. The molecule has 2 saturated heterocycles.